The average Bonchev–Trinajstić information content (AvgIpc) is 2.75. The standard InChI is InChI=1S/C16H32N2/c1-12(2)17-10-15-7-8-18(11-15)16-6-5-13(3)9-14(16)4/h12-17H,5-11H2,1-4H3. The fourth-order valence-corrected chi connectivity index (χ4v) is 3.92. The van der Waals surface area contributed by atoms with E-state index in [2.05, 4.69) is 37.9 Å². The first-order chi connectivity index (χ1) is 8.56. The van der Waals surface area contributed by atoms with Crippen molar-refractivity contribution in [2.75, 3.05) is 19.6 Å². The van der Waals surface area contributed by atoms with Gasteiger partial charge in [0, 0.05) is 18.6 Å². The molecule has 1 aliphatic carbocycles. The fourth-order valence-electron chi connectivity index (χ4n) is 3.92. The number of likely N-dealkylation sites (tertiary alicyclic amines) is 1. The van der Waals surface area contributed by atoms with Crippen LogP contribution in [0.5, 0.6) is 0 Å². The Kier molecular flexibility index (Phi) is 5.08. The molecule has 1 aliphatic heterocycles. The lowest BCUT2D eigenvalue weighted by Crippen LogP contribution is -2.42. The van der Waals surface area contributed by atoms with Crippen LogP contribution < -0.4 is 5.32 Å². The van der Waals surface area contributed by atoms with E-state index in [-0.39, 0.29) is 0 Å². The largest absolute Gasteiger partial charge is 0.314 e. The van der Waals surface area contributed by atoms with Crippen LogP contribution in [0.2, 0.25) is 0 Å². The quantitative estimate of drug-likeness (QED) is 0.827. The Hall–Kier alpha value is -0.0800. The summed E-state index contributed by atoms with van der Waals surface area (Å²) >= 11 is 0. The van der Waals surface area contributed by atoms with Crippen molar-refractivity contribution in [1.29, 1.82) is 0 Å². The third-order valence-electron chi connectivity index (χ3n) is 4.99. The lowest BCUT2D eigenvalue weighted by Gasteiger charge is -2.38. The van der Waals surface area contributed by atoms with Crippen LogP contribution >= 0.6 is 0 Å². The van der Waals surface area contributed by atoms with Gasteiger partial charge in [-0.3, -0.25) is 4.90 Å². The normalized spacial score (nSPS) is 38.5. The number of hydrogen-bond donors (Lipinski definition) is 1. The predicted octanol–water partition coefficient (Wildman–Crippen LogP) is 3.13. The maximum absolute atomic E-state index is 3.60. The van der Waals surface area contributed by atoms with Crippen LogP contribution in [-0.2, 0) is 0 Å². The molecular formula is C16H32N2. The zero-order valence-corrected chi connectivity index (χ0v) is 12.8. The molecule has 1 saturated carbocycles. The van der Waals surface area contributed by atoms with Gasteiger partial charge in [0.15, 0.2) is 0 Å². The Morgan fingerprint density at radius 1 is 1.17 bits per heavy atom. The zero-order valence-electron chi connectivity index (χ0n) is 12.8. The van der Waals surface area contributed by atoms with Crippen molar-refractivity contribution in [3.63, 3.8) is 0 Å². The summed E-state index contributed by atoms with van der Waals surface area (Å²) in [5.74, 6) is 2.75. The van der Waals surface area contributed by atoms with Crippen molar-refractivity contribution in [2.45, 2.75) is 65.5 Å². The van der Waals surface area contributed by atoms with Crippen LogP contribution in [0.15, 0.2) is 0 Å². The molecule has 0 radical (unpaired) electrons. The topological polar surface area (TPSA) is 15.3 Å². The third-order valence-corrected chi connectivity index (χ3v) is 4.99. The van der Waals surface area contributed by atoms with E-state index in [0.717, 1.165) is 23.8 Å². The van der Waals surface area contributed by atoms with E-state index in [9.17, 15) is 0 Å². The molecule has 0 bridgehead atoms. The van der Waals surface area contributed by atoms with Crippen molar-refractivity contribution >= 4 is 0 Å². The molecule has 2 aliphatic rings. The lowest BCUT2D eigenvalue weighted by molar-refractivity contribution is 0.112. The van der Waals surface area contributed by atoms with E-state index in [0.29, 0.717) is 6.04 Å². The molecule has 2 nitrogen and oxygen atoms in total. The number of rotatable bonds is 4. The Morgan fingerprint density at radius 2 is 1.94 bits per heavy atom. The van der Waals surface area contributed by atoms with E-state index < -0.39 is 0 Å². The molecule has 4 unspecified atom stereocenters. The van der Waals surface area contributed by atoms with Gasteiger partial charge in [-0.05, 0) is 56.5 Å². The Morgan fingerprint density at radius 3 is 2.61 bits per heavy atom. The van der Waals surface area contributed by atoms with Crippen molar-refractivity contribution in [3.8, 4) is 0 Å². The molecule has 0 amide bonds. The van der Waals surface area contributed by atoms with Gasteiger partial charge < -0.3 is 5.32 Å². The minimum Gasteiger partial charge on any atom is -0.314 e. The molecule has 1 saturated heterocycles. The van der Waals surface area contributed by atoms with Crippen molar-refractivity contribution in [2.24, 2.45) is 17.8 Å². The van der Waals surface area contributed by atoms with E-state index >= 15 is 0 Å². The first-order valence-corrected chi connectivity index (χ1v) is 8.03. The highest BCUT2D eigenvalue weighted by Crippen LogP contribution is 2.34. The monoisotopic (exact) mass is 252 g/mol. The molecule has 18 heavy (non-hydrogen) atoms. The highest BCUT2D eigenvalue weighted by Gasteiger charge is 2.34. The smallest absolute Gasteiger partial charge is 0.0121 e. The van der Waals surface area contributed by atoms with E-state index in [1.807, 2.05) is 0 Å². The lowest BCUT2D eigenvalue weighted by atomic mass is 9.79. The maximum atomic E-state index is 3.60. The van der Waals surface area contributed by atoms with Gasteiger partial charge in [0.25, 0.3) is 0 Å². The highest BCUT2D eigenvalue weighted by molar-refractivity contribution is 4.88. The van der Waals surface area contributed by atoms with Crippen molar-refractivity contribution < 1.29 is 0 Å². The van der Waals surface area contributed by atoms with Gasteiger partial charge in [0.1, 0.15) is 0 Å². The van der Waals surface area contributed by atoms with Gasteiger partial charge in [-0.1, -0.05) is 27.7 Å². The molecule has 0 aromatic rings. The van der Waals surface area contributed by atoms with Gasteiger partial charge in [0.2, 0.25) is 0 Å². The predicted molar refractivity (Wildman–Crippen MR) is 78.8 cm³/mol. The molecule has 4 atom stereocenters. The van der Waals surface area contributed by atoms with Gasteiger partial charge in [-0.15, -0.1) is 0 Å². The van der Waals surface area contributed by atoms with Crippen LogP contribution in [0.3, 0.4) is 0 Å². The highest BCUT2D eigenvalue weighted by atomic mass is 15.2. The second kappa shape index (κ2) is 6.38. The molecule has 2 heteroatoms. The first kappa shape index (κ1) is 14.3. The van der Waals surface area contributed by atoms with E-state index in [1.165, 1.54) is 45.3 Å². The van der Waals surface area contributed by atoms with E-state index in [4.69, 9.17) is 0 Å². The van der Waals surface area contributed by atoms with Crippen LogP contribution in [0.25, 0.3) is 0 Å². The maximum Gasteiger partial charge on any atom is 0.0121 e. The molecule has 1 heterocycles. The minimum atomic E-state index is 0.633. The molecule has 0 aromatic heterocycles. The SMILES string of the molecule is CC1CCC(N2CCC(CNC(C)C)C2)C(C)C1. The number of hydrogen-bond acceptors (Lipinski definition) is 2. The summed E-state index contributed by atoms with van der Waals surface area (Å²) in [4.78, 5) is 2.79. The molecule has 2 rings (SSSR count). The summed E-state index contributed by atoms with van der Waals surface area (Å²) in [6.07, 6.45) is 5.72. The summed E-state index contributed by atoms with van der Waals surface area (Å²) in [6, 6.07) is 1.51. The molecule has 0 spiro atoms. The van der Waals surface area contributed by atoms with Crippen LogP contribution in [0.1, 0.15) is 53.4 Å². The average molecular weight is 252 g/mol. The van der Waals surface area contributed by atoms with Gasteiger partial charge in [-0.25, -0.2) is 0 Å². The summed E-state index contributed by atoms with van der Waals surface area (Å²) in [6.45, 7) is 13.3. The summed E-state index contributed by atoms with van der Waals surface area (Å²) in [5, 5.41) is 3.60. The summed E-state index contributed by atoms with van der Waals surface area (Å²) < 4.78 is 0. The van der Waals surface area contributed by atoms with Gasteiger partial charge >= 0.3 is 0 Å². The second-order valence-electron chi connectivity index (χ2n) is 7.18. The van der Waals surface area contributed by atoms with Gasteiger partial charge in [0.05, 0.1) is 0 Å². The number of nitrogens with zero attached hydrogens (tertiary/aromatic N) is 1. The zero-order chi connectivity index (χ0) is 13.1. The Labute approximate surface area is 114 Å². The molecular weight excluding hydrogens is 220 g/mol. The summed E-state index contributed by atoms with van der Waals surface area (Å²) in [5.41, 5.74) is 0. The summed E-state index contributed by atoms with van der Waals surface area (Å²) in [7, 11) is 0. The minimum absolute atomic E-state index is 0.633. The van der Waals surface area contributed by atoms with Crippen LogP contribution in [0.4, 0.5) is 0 Å². The van der Waals surface area contributed by atoms with Crippen molar-refractivity contribution in [3.05, 3.63) is 0 Å². The molecule has 0 aromatic carbocycles. The second-order valence-corrected chi connectivity index (χ2v) is 7.18. The third kappa shape index (κ3) is 3.71. The first-order valence-electron chi connectivity index (χ1n) is 8.03. The van der Waals surface area contributed by atoms with E-state index in [1.54, 1.807) is 0 Å². The Bertz CT molecular complexity index is 251. The van der Waals surface area contributed by atoms with Crippen LogP contribution in [0, 0.1) is 17.8 Å². The van der Waals surface area contributed by atoms with Crippen molar-refractivity contribution in [1.82, 2.24) is 10.2 Å². The Balaban J connectivity index is 1.77. The van der Waals surface area contributed by atoms with Gasteiger partial charge in [-0.2, -0.15) is 0 Å². The molecule has 106 valence electrons. The molecule has 2 fully saturated rings. The van der Waals surface area contributed by atoms with Crippen LogP contribution in [-0.4, -0.2) is 36.6 Å². The number of nitrogens with one attached hydrogen (secondary N) is 1. The fraction of sp³-hybridized carbons (Fsp3) is 1.00. The molecule has 1 N–H and O–H groups in total.